The summed E-state index contributed by atoms with van der Waals surface area (Å²) in [6.45, 7) is 3.56. The van der Waals surface area contributed by atoms with Crippen LogP contribution in [0.3, 0.4) is 0 Å². The molecule has 0 radical (unpaired) electrons. The van der Waals surface area contributed by atoms with E-state index in [1.807, 2.05) is 0 Å². The van der Waals surface area contributed by atoms with Gasteiger partial charge in [0.2, 0.25) is 0 Å². The highest BCUT2D eigenvalue weighted by molar-refractivity contribution is 6.30. The van der Waals surface area contributed by atoms with E-state index in [1.54, 1.807) is 36.7 Å². The predicted molar refractivity (Wildman–Crippen MR) is 56.6 cm³/mol. The summed E-state index contributed by atoms with van der Waals surface area (Å²) in [7, 11) is 0. The van der Waals surface area contributed by atoms with E-state index in [4.69, 9.17) is 16.9 Å². The Bertz CT molecular complexity index is 550. The molecule has 0 N–H and O–H groups in total. The molecule has 0 saturated heterocycles. The summed E-state index contributed by atoms with van der Waals surface area (Å²) in [6, 6.07) is 5.60. The summed E-state index contributed by atoms with van der Waals surface area (Å²) in [5, 5.41) is 13.8. The van der Waals surface area contributed by atoms with E-state index >= 15 is 0 Å². The van der Waals surface area contributed by atoms with Crippen LogP contribution >= 0.6 is 11.6 Å². The summed E-state index contributed by atoms with van der Waals surface area (Å²) in [4.78, 5) is 4.26. The minimum atomic E-state index is -0.682. The second-order valence-electron chi connectivity index (χ2n) is 3.82. The first kappa shape index (κ1) is 9.94. The molecule has 0 amide bonds. The maximum absolute atomic E-state index is 8.96. The van der Waals surface area contributed by atoms with Crippen molar-refractivity contribution in [1.29, 1.82) is 5.26 Å². The predicted octanol–water partition coefficient (Wildman–Crippen LogP) is 2.18. The van der Waals surface area contributed by atoms with Crippen LogP contribution in [-0.4, -0.2) is 14.6 Å². The third-order valence-electron chi connectivity index (χ3n) is 2.14. The molecule has 76 valence electrons. The Morgan fingerprint density at radius 1 is 1.53 bits per heavy atom. The van der Waals surface area contributed by atoms with Crippen molar-refractivity contribution in [2.75, 3.05) is 0 Å². The fraction of sp³-hybridized carbons (Fsp3) is 0.300. The van der Waals surface area contributed by atoms with E-state index in [2.05, 4.69) is 16.2 Å². The summed E-state index contributed by atoms with van der Waals surface area (Å²) in [6.07, 6.45) is 1.72. The van der Waals surface area contributed by atoms with Crippen LogP contribution in [0.5, 0.6) is 0 Å². The van der Waals surface area contributed by atoms with Gasteiger partial charge in [0.15, 0.2) is 11.5 Å². The van der Waals surface area contributed by atoms with Crippen molar-refractivity contribution in [3.8, 4) is 6.07 Å². The molecule has 0 spiro atoms. The van der Waals surface area contributed by atoms with E-state index < -0.39 is 5.41 Å². The first-order valence-corrected chi connectivity index (χ1v) is 4.84. The molecule has 2 rings (SSSR count). The maximum Gasteiger partial charge on any atom is 0.171 e. The first-order chi connectivity index (χ1) is 7.03. The monoisotopic (exact) mass is 220 g/mol. The molecule has 2 aromatic rings. The topological polar surface area (TPSA) is 54.0 Å². The number of nitriles is 1. The molecule has 0 aliphatic heterocycles. The van der Waals surface area contributed by atoms with Gasteiger partial charge >= 0.3 is 0 Å². The van der Waals surface area contributed by atoms with Crippen LogP contribution in [0.2, 0.25) is 5.02 Å². The molecule has 4 nitrogen and oxygen atoms in total. The molecule has 0 aliphatic rings. The molecule has 5 heteroatoms. The van der Waals surface area contributed by atoms with E-state index in [0.29, 0.717) is 16.5 Å². The summed E-state index contributed by atoms with van der Waals surface area (Å²) >= 11 is 5.83. The third kappa shape index (κ3) is 1.66. The lowest BCUT2D eigenvalue weighted by Crippen LogP contribution is -2.16. The Kier molecular flexibility index (Phi) is 2.13. The number of hydrogen-bond acceptors (Lipinski definition) is 3. The summed E-state index contributed by atoms with van der Waals surface area (Å²) in [5.74, 6) is 0.507. The van der Waals surface area contributed by atoms with Gasteiger partial charge in [0.1, 0.15) is 5.41 Å². The number of halogens is 1. The zero-order valence-electron chi connectivity index (χ0n) is 8.40. The van der Waals surface area contributed by atoms with Crippen LogP contribution in [0.15, 0.2) is 18.3 Å². The fourth-order valence-electron chi connectivity index (χ4n) is 1.17. The number of nitrogens with zero attached hydrogens (tertiary/aromatic N) is 4. The van der Waals surface area contributed by atoms with Crippen LogP contribution < -0.4 is 0 Å². The smallest absolute Gasteiger partial charge is 0.171 e. The lowest BCUT2D eigenvalue weighted by molar-refractivity contribution is 0.628. The molecule has 0 aromatic carbocycles. The SMILES string of the molecule is CC(C)(C#N)c1nc2cc(Cl)ccn2n1. The van der Waals surface area contributed by atoms with Crippen LogP contribution in [-0.2, 0) is 5.41 Å². The zero-order valence-corrected chi connectivity index (χ0v) is 9.15. The van der Waals surface area contributed by atoms with Gasteiger partial charge in [-0.3, -0.25) is 0 Å². The Hall–Kier alpha value is -1.60. The zero-order chi connectivity index (χ0) is 11.1. The highest BCUT2D eigenvalue weighted by Crippen LogP contribution is 2.20. The highest BCUT2D eigenvalue weighted by Gasteiger charge is 2.25. The molecular weight excluding hydrogens is 212 g/mol. The van der Waals surface area contributed by atoms with E-state index in [0.717, 1.165) is 0 Å². The second-order valence-corrected chi connectivity index (χ2v) is 4.26. The minimum absolute atomic E-state index is 0.507. The van der Waals surface area contributed by atoms with Gasteiger partial charge < -0.3 is 0 Å². The quantitative estimate of drug-likeness (QED) is 0.740. The van der Waals surface area contributed by atoms with Gasteiger partial charge in [0, 0.05) is 17.3 Å². The maximum atomic E-state index is 8.96. The molecule has 0 fully saturated rings. The standard InChI is InChI=1S/C10H9ClN4/c1-10(2,6-12)9-13-8-5-7(11)3-4-15(8)14-9/h3-5H,1-2H3. The van der Waals surface area contributed by atoms with E-state index in [1.165, 1.54) is 0 Å². The van der Waals surface area contributed by atoms with E-state index in [-0.39, 0.29) is 0 Å². The highest BCUT2D eigenvalue weighted by atomic mass is 35.5. The first-order valence-electron chi connectivity index (χ1n) is 4.46. The molecule has 2 heterocycles. The van der Waals surface area contributed by atoms with Crippen molar-refractivity contribution in [3.05, 3.63) is 29.2 Å². The van der Waals surface area contributed by atoms with Crippen molar-refractivity contribution < 1.29 is 0 Å². The molecule has 15 heavy (non-hydrogen) atoms. The number of hydrogen-bond donors (Lipinski definition) is 0. The van der Waals surface area contributed by atoms with Gasteiger partial charge in [-0.2, -0.15) is 5.26 Å². The number of fused-ring (bicyclic) bond motifs is 1. The van der Waals surface area contributed by atoms with Gasteiger partial charge in [-0.05, 0) is 19.9 Å². The number of aromatic nitrogens is 3. The van der Waals surface area contributed by atoms with Crippen molar-refractivity contribution >= 4 is 17.2 Å². The van der Waals surface area contributed by atoms with Gasteiger partial charge in [0.05, 0.1) is 6.07 Å². The molecule has 0 atom stereocenters. The van der Waals surface area contributed by atoms with Crippen LogP contribution in [0.25, 0.3) is 5.65 Å². The van der Waals surface area contributed by atoms with Crippen molar-refractivity contribution in [2.24, 2.45) is 0 Å². The summed E-state index contributed by atoms with van der Waals surface area (Å²) in [5.41, 5.74) is -0.0285. The summed E-state index contributed by atoms with van der Waals surface area (Å²) < 4.78 is 1.61. The third-order valence-corrected chi connectivity index (χ3v) is 2.37. The van der Waals surface area contributed by atoms with Crippen molar-refractivity contribution in [1.82, 2.24) is 14.6 Å². The Morgan fingerprint density at radius 2 is 2.27 bits per heavy atom. The minimum Gasteiger partial charge on any atom is -0.221 e. The Morgan fingerprint density at radius 3 is 2.93 bits per heavy atom. The largest absolute Gasteiger partial charge is 0.221 e. The number of pyridine rings is 1. The molecule has 0 saturated carbocycles. The fourth-order valence-corrected chi connectivity index (χ4v) is 1.33. The number of rotatable bonds is 1. The average molecular weight is 221 g/mol. The van der Waals surface area contributed by atoms with Crippen molar-refractivity contribution in [3.63, 3.8) is 0 Å². The molecule has 0 aliphatic carbocycles. The van der Waals surface area contributed by atoms with Crippen molar-refractivity contribution in [2.45, 2.75) is 19.3 Å². The lowest BCUT2D eigenvalue weighted by atomic mass is 9.95. The molecule has 2 aromatic heterocycles. The second kappa shape index (κ2) is 3.21. The van der Waals surface area contributed by atoms with Crippen LogP contribution in [0, 0.1) is 11.3 Å². The van der Waals surface area contributed by atoms with Crippen LogP contribution in [0.4, 0.5) is 0 Å². The Balaban J connectivity index is 2.63. The molecular formula is C10H9ClN4. The average Bonchev–Trinajstić information content (AvgIpc) is 2.61. The van der Waals surface area contributed by atoms with Gasteiger partial charge in [-0.15, -0.1) is 5.10 Å². The van der Waals surface area contributed by atoms with Crippen LogP contribution in [0.1, 0.15) is 19.7 Å². The van der Waals surface area contributed by atoms with Gasteiger partial charge in [-0.25, -0.2) is 9.50 Å². The molecule has 0 unspecified atom stereocenters. The van der Waals surface area contributed by atoms with Gasteiger partial charge in [0.25, 0.3) is 0 Å². The van der Waals surface area contributed by atoms with Gasteiger partial charge in [-0.1, -0.05) is 11.6 Å². The van der Waals surface area contributed by atoms with E-state index in [9.17, 15) is 0 Å². The Labute approximate surface area is 92.1 Å². The molecule has 0 bridgehead atoms. The lowest BCUT2D eigenvalue weighted by Gasteiger charge is -2.07. The normalized spacial score (nSPS) is 11.6.